The summed E-state index contributed by atoms with van der Waals surface area (Å²) in [6.45, 7) is 16.1. The van der Waals surface area contributed by atoms with Crippen LogP contribution in [0, 0.1) is 38.0 Å². The highest BCUT2D eigenvalue weighted by Crippen LogP contribution is 2.53. The van der Waals surface area contributed by atoms with E-state index >= 15 is 0 Å². The van der Waals surface area contributed by atoms with Crippen LogP contribution >= 0.6 is 0 Å². The summed E-state index contributed by atoms with van der Waals surface area (Å²) in [5, 5.41) is 5.59. The number of methoxy groups -OCH3 is 2. The normalized spacial score (nSPS) is 21.4. The van der Waals surface area contributed by atoms with Crippen LogP contribution < -0.4 is 16.0 Å². The number of carbonyl (C=O) groups excluding carboxylic acids is 3. The van der Waals surface area contributed by atoms with E-state index in [1.165, 1.54) is 19.8 Å². The van der Waals surface area contributed by atoms with Gasteiger partial charge in [-0.1, -0.05) is 26.5 Å². The third-order valence-electron chi connectivity index (χ3n) is 10.5. The van der Waals surface area contributed by atoms with E-state index in [0.717, 1.165) is 67.8 Å². The van der Waals surface area contributed by atoms with Gasteiger partial charge in [-0.15, -0.1) is 0 Å². The van der Waals surface area contributed by atoms with Gasteiger partial charge < -0.3 is 29.7 Å². The first kappa shape index (κ1) is 31.2. The van der Waals surface area contributed by atoms with Crippen LogP contribution in [0.3, 0.4) is 0 Å². The first-order valence-corrected chi connectivity index (χ1v) is 15.8. The Balaban J connectivity index is 1.75. The summed E-state index contributed by atoms with van der Waals surface area (Å²) in [6, 6.07) is 0. The Morgan fingerprint density at radius 2 is 1.65 bits per heavy atom. The minimum Gasteiger partial charge on any atom is -0.469 e. The Morgan fingerprint density at radius 3 is 2.30 bits per heavy atom. The van der Waals surface area contributed by atoms with Crippen LogP contribution in [0.4, 0.5) is 0 Å². The molecule has 6 rings (SSSR count). The molecule has 0 radical (unpaired) electrons. The van der Waals surface area contributed by atoms with E-state index in [-0.39, 0.29) is 30.0 Å². The average molecular weight is 623 g/mol. The van der Waals surface area contributed by atoms with Crippen molar-refractivity contribution in [3.8, 4) is 0 Å². The topological polar surface area (TPSA) is 129 Å². The van der Waals surface area contributed by atoms with E-state index in [9.17, 15) is 14.4 Å². The molecule has 1 saturated heterocycles. The van der Waals surface area contributed by atoms with Crippen LogP contribution in [0.25, 0.3) is 29.9 Å². The van der Waals surface area contributed by atoms with Gasteiger partial charge in [-0.25, -0.2) is 0 Å². The lowest BCUT2D eigenvalue weighted by Gasteiger charge is -2.26. The maximum Gasteiger partial charge on any atom is 0.324 e. The molecule has 0 aromatic carbocycles. The summed E-state index contributed by atoms with van der Waals surface area (Å²) in [5.41, 5.74) is 9.50. The highest BCUT2D eigenvalue weighted by atomic mass is 16.5. The molecule has 3 unspecified atom stereocenters. The molecule has 9 heteroatoms. The fraction of sp³-hybridized carbons (Fsp3) is 0.378. The maximum atomic E-state index is 14.4. The number of aromatic amines is 3. The van der Waals surface area contributed by atoms with Gasteiger partial charge in [-0.3, -0.25) is 14.4 Å². The second-order valence-electron chi connectivity index (χ2n) is 12.8. The average Bonchev–Trinajstić information content (AvgIpc) is 3.76. The monoisotopic (exact) mass is 622 g/mol. The van der Waals surface area contributed by atoms with E-state index in [2.05, 4.69) is 72.8 Å². The predicted octanol–water partition coefficient (Wildman–Crippen LogP) is 4.71. The number of Topliss-reactive ketones (excluding diaryl/α,β-unsaturated/α-hetero) is 1. The molecule has 1 fully saturated rings. The number of aromatic nitrogens is 3. The second kappa shape index (κ2) is 11.2. The zero-order valence-electron chi connectivity index (χ0n) is 27.8. The Morgan fingerprint density at radius 1 is 0.957 bits per heavy atom. The van der Waals surface area contributed by atoms with Crippen molar-refractivity contribution in [2.45, 2.75) is 60.8 Å². The molecular weight excluding hydrogens is 580 g/mol. The molecule has 3 aromatic heterocycles. The molecule has 0 amide bonds. The smallest absolute Gasteiger partial charge is 0.324 e. The van der Waals surface area contributed by atoms with Crippen molar-refractivity contribution >= 4 is 47.6 Å². The number of nitrogens with one attached hydrogen (secondary N) is 4. The Hall–Kier alpha value is -4.79. The largest absolute Gasteiger partial charge is 0.469 e. The number of esters is 2. The third kappa shape index (κ3) is 4.39. The number of allylic oxidation sites excluding steroid dienone is 2. The van der Waals surface area contributed by atoms with Gasteiger partial charge in [0.25, 0.3) is 0 Å². The molecule has 8 bridgehead atoms. The fourth-order valence-electron chi connectivity index (χ4n) is 7.68. The summed E-state index contributed by atoms with van der Waals surface area (Å²) in [7, 11) is 2.69. The summed E-state index contributed by atoms with van der Waals surface area (Å²) < 4.78 is 10.3. The summed E-state index contributed by atoms with van der Waals surface area (Å²) in [5.74, 6) is -1.54. The van der Waals surface area contributed by atoms with Crippen LogP contribution in [0.5, 0.6) is 0 Å². The lowest BCUT2D eigenvalue weighted by Crippen LogP contribution is -2.36. The van der Waals surface area contributed by atoms with Gasteiger partial charge in [0, 0.05) is 74.1 Å². The maximum absolute atomic E-state index is 14.4. The van der Waals surface area contributed by atoms with Crippen molar-refractivity contribution in [1.29, 1.82) is 0 Å². The fourth-order valence-corrected chi connectivity index (χ4v) is 7.68. The number of hydrogen-bond donors (Lipinski definition) is 4. The van der Waals surface area contributed by atoms with E-state index < -0.39 is 11.4 Å². The highest BCUT2D eigenvalue weighted by molar-refractivity contribution is 6.28. The van der Waals surface area contributed by atoms with Crippen LogP contribution in [0.2, 0.25) is 0 Å². The number of fused-ring (bicyclic) bond motifs is 7. The Bertz CT molecular complexity index is 2030. The summed E-state index contributed by atoms with van der Waals surface area (Å²) in [4.78, 5) is 51.2. The van der Waals surface area contributed by atoms with E-state index in [0.29, 0.717) is 23.3 Å². The molecule has 240 valence electrons. The minimum atomic E-state index is -1.59. The predicted molar refractivity (Wildman–Crippen MR) is 179 cm³/mol. The Kier molecular flexibility index (Phi) is 7.61. The minimum absolute atomic E-state index is 0.0757. The van der Waals surface area contributed by atoms with Crippen molar-refractivity contribution in [3.05, 3.63) is 84.8 Å². The number of ketones is 1. The van der Waals surface area contributed by atoms with Crippen molar-refractivity contribution < 1.29 is 23.9 Å². The van der Waals surface area contributed by atoms with Crippen LogP contribution in [-0.2, 0) is 25.5 Å². The van der Waals surface area contributed by atoms with Crippen LogP contribution in [0.1, 0.15) is 94.6 Å². The molecule has 0 saturated carbocycles. The lowest BCUT2D eigenvalue weighted by molar-refractivity contribution is -0.146. The van der Waals surface area contributed by atoms with E-state index in [1.807, 2.05) is 13.0 Å². The quantitative estimate of drug-likeness (QED) is 0.233. The molecule has 1 aliphatic carbocycles. The lowest BCUT2D eigenvalue weighted by atomic mass is 9.77. The molecule has 5 heterocycles. The number of H-pyrrole nitrogens is 3. The molecular formula is C37H42N4O5. The highest BCUT2D eigenvalue weighted by Gasteiger charge is 2.57. The SMILES string of the molecule is C=Cc1c2[nH]c(c1C)C=C1NC(=C3c4[nH]c(c(C)c4C(=O)C3(C)C(=O)OC)C=c3[nH]c(c(C)c3CC)=C2)C(CCC(=O)OC)C1C. The van der Waals surface area contributed by atoms with Crippen LogP contribution in [0.15, 0.2) is 18.0 Å². The van der Waals surface area contributed by atoms with Crippen molar-refractivity contribution in [2.24, 2.45) is 17.3 Å². The summed E-state index contributed by atoms with van der Waals surface area (Å²) in [6.07, 6.45) is 9.60. The van der Waals surface area contributed by atoms with E-state index in [1.54, 1.807) is 6.92 Å². The zero-order valence-corrected chi connectivity index (χ0v) is 27.8. The summed E-state index contributed by atoms with van der Waals surface area (Å²) >= 11 is 0. The van der Waals surface area contributed by atoms with E-state index in [4.69, 9.17) is 9.47 Å². The van der Waals surface area contributed by atoms with Gasteiger partial charge >= 0.3 is 11.9 Å². The van der Waals surface area contributed by atoms with Gasteiger partial charge in [0.15, 0.2) is 11.2 Å². The van der Waals surface area contributed by atoms with Gasteiger partial charge in [0.2, 0.25) is 0 Å². The van der Waals surface area contributed by atoms with Crippen molar-refractivity contribution in [3.63, 3.8) is 0 Å². The van der Waals surface area contributed by atoms with Gasteiger partial charge in [-0.2, -0.15) is 0 Å². The standard InChI is InChI=1S/C37H42N4O5/c1-10-21-17(3)24-14-26-19(5)23(12-13-30(42)45-8)33(40-26)32-34-31(35(43)37(32,7)36(44)46-9)20(6)27(41-34)16-29-22(11-2)18(4)25(39-29)15-28(21)38-24/h10,14-16,19,23,38-41H,1,11-13H2,2-9H3. The second-order valence-corrected chi connectivity index (χ2v) is 12.8. The van der Waals surface area contributed by atoms with Crippen LogP contribution in [-0.4, -0.2) is 46.9 Å². The first-order chi connectivity index (χ1) is 21.9. The molecule has 3 aromatic rings. The van der Waals surface area contributed by atoms with Gasteiger partial charge in [-0.05, 0) is 81.0 Å². The Labute approximate surface area is 268 Å². The van der Waals surface area contributed by atoms with Crippen molar-refractivity contribution in [2.75, 3.05) is 14.2 Å². The third-order valence-corrected chi connectivity index (χ3v) is 10.5. The van der Waals surface area contributed by atoms with Gasteiger partial charge in [0.05, 0.1) is 19.9 Å². The molecule has 2 aliphatic heterocycles. The molecule has 4 N–H and O–H groups in total. The number of carbonyl (C=O) groups is 3. The number of rotatable bonds is 6. The molecule has 3 atom stereocenters. The molecule has 9 nitrogen and oxygen atoms in total. The number of hydrogen-bond acceptors (Lipinski definition) is 6. The van der Waals surface area contributed by atoms with Gasteiger partial charge in [0.1, 0.15) is 0 Å². The first-order valence-electron chi connectivity index (χ1n) is 15.8. The molecule has 0 spiro atoms. The molecule has 3 aliphatic rings. The molecule has 46 heavy (non-hydrogen) atoms. The zero-order chi connectivity index (χ0) is 33.2. The van der Waals surface area contributed by atoms with Crippen molar-refractivity contribution in [1.82, 2.24) is 20.3 Å². The number of ether oxygens (including phenoxy) is 2.